The maximum absolute atomic E-state index is 4.03. The Morgan fingerprint density at radius 1 is 1.21 bits per heavy atom. The summed E-state index contributed by atoms with van der Waals surface area (Å²) in [5.74, 6) is 0. The van der Waals surface area contributed by atoms with E-state index in [1.165, 1.54) is 5.57 Å². The Bertz CT molecular complexity index is 287. The fourth-order valence-corrected chi connectivity index (χ4v) is 1.47. The van der Waals surface area contributed by atoms with E-state index in [0.717, 1.165) is 5.70 Å². The van der Waals surface area contributed by atoms with Gasteiger partial charge < -0.3 is 4.90 Å². The molecule has 14 heavy (non-hydrogen) atoms. The van der Waals surface area contributed by atoms with Crippen LogP contribution < -0.4 is 0 Å². The lowest BCUT2D eigenvalue weighted by atomic mass is 9.85. The van der Waals surface area contributed by atoms with Crippen LogP contribution in [0.2, 0.25) is 0 Å². The SMILES string of the molecule is C=C1C=CC(C(C)(C)C)=CN1C(C)C. The van der Waals surface area contributed by atoms with E-state index in [9.17, 15) is 0 Å². The summed E-state index contributed by atoms with van der Waals surface area (Å²) in [5.41, 5.74) is 2.65. The Morgan fingerprint density at radius 3 is 2.21 bits per heavy atom. The van der Waals surface area contributed by atoms with Crippen molar-refractivity contribution in [1.29, 1.82) is 0 Å². The van der Waals surface area contributed by atoms with Crippen molar-refractivity contribution in [3.05, 3.63) is 36.2 Å². The molecule has 1 nitrogen and oxygen atoms in total. The summed E-state index contributed by atoms with van der Waals surface area (Å²) in [6, 6.07) is 0.477. The van der Waals surface area contributed by atoms with E-state index in [1.807, 2.05) is 0 Å². The highest BCUT2D eigenvalue weighted by Gasteiger charge is 2.20. The van der Waals surface area contributed by atoms with Crippen molar-refractivity contribution in [2.75, 3.05) is 0 Å². The molecule has 0 bridgehead atoms. The molecule has 0 saturated carbocycles. The normalized spacial score (nSPS) is 17.7. The van der Waals surface area contributed by atoms with Gasteiger partial charge >= 0.3 is 0 Å². The highest BCUT2D eigenvalue weighted by atomic mass is 15.1. The Balaban J connectivity index is 2.97. The van der Waals surface area contributed by atoms with Crippen molar-refractivity contribution < 1.29 is 0 Å². The summed E-state index contributed by atoms with van der Waals surface area (Å²) in [6.07, 6.45) is 6.48. The van der Waals surface area contributed by atoms with Crippen LogP contribution >= 0.6 is 0 Å². The summed E-state index contributed by atoms with van der Waals surface area (Å²) < 4.78 is 0. The van der Waals surface area contributed by atoms with E-state index in [2.05, 4.69) is 64.4 Å². The predicted octanol–water partition coefficient (Wildman–Crippen LogP) is 3.71. The molecule has 0 saturated heterocycles. The molecule has 78 valence electrons. The first kappa shape index (κ1) is 11.1. The molecule has 0 radical (unpaired) electrons. The Hall–Kier alpha value is -0.980. The quantitative estimate of drug-likeness (QED) is 0.610. The third-order valence-electron chi connectivity index (χ3n) is 2.49. The second-order valence-electron chi connectivity index (χ2n) is 5.16. The van der Waals surface area contributed by atoms with Gasteiger partial charge in [-0.15, -0.1) is 0 Å². The molecule has 0 aromatic carbocycles. The van der Waals surface area contributed by atoms with Crippen LogP contribution in [0.4, 0.5) is 0 Å². The summed E-state index contributed by atoms with van der Waals surface area (Å²) in [6.45, 7) is 15.1. The molecular weight excluding hydrogens is 170 g/mol. The number of nitrogens with zero attached hydrogens (tertiary/aromatic N) is 1. The van der Waals surface area contributed by atoms with Gasteiger partial charge in [-0.05, 0) is 30.9 Å². The highest BCUT2D eigenvalue weighted by molar-refractivity contribution is 5.35. The minimum absolute atomic E-state index is 0.213. The summed E-state index contributed by atoms with van der Waals surface area (Å²) in [5, 5.41) is 0. The van der Waals surface area contributed by atoms with Crippen LogP contribution in [0.3, 0.4) is 0 Å². The van der Waals surface area contributed by atoms with Gasteiger partial charge in [-0.3, -0.25) is 0 Å². The lowest BCUT2D eigenvalue weighted by Crippen LogP contribution is -2.27. The van der Waals surface area contributed by atoms with Crippen LogP contribution in [0, 0.1) is 5.41 Å². The molecule has 0 unspecified atom stereocenters. The lowest BCUT2D eigenvalue weighted by Gasteiger charge is -2.32. The van der Waals surface area contributed by atoms with Gasteiger partial charge in [-0.25, -0.2) is 0 Å². The fraction of sp³-hybridized carbons (Fsp3) is 0.538. The van der Waals surface area contributed by atoms with Crippen molar-refractivity contribution in [1.82, 2.24) is 4.90 Å². The third-order valence-corrected chi connectivity index (χ3v) is 2.49. The van der Waals surface area contributed by atoms with E-state index in [0.29, 0.717) is 6.04 Å². The average molecular weight is 191 g/mol. The molecule has 0 fully saturated rings. The topological polar surface area (TPSA) is 3.24 Å². The zero-order valence-electron chi connectivity index (χ0n) is 9.96. The van der Waals surface area contributed by atoms with Crippen LogP contribution in [0.1, 0.15) is 34.6 Å². The minimum atomic E-state index is 0.213. The maximum atomic E-state index is 4.03. The van der Waals surface area contributed by atoms with Gasteiger partial charge in [0.05, 0.1) is 0 Å². The molecule has 1 rings (SSSR count). The zero-order valence-corrected chi connectivity index (χ0v) is 9.96. The fourth-order valence-electron chi connectivity index (χ4n) is 1.47. The Morgan fingerprint density at radius 2 is 1.79 bits per heavy atom. The van der Waals surface area contributed by atoms with Crippen LogP contribution in [-0.4, -0.2) is 10.9 Å². The molecule has 1 heterocycles. The Kier molecular flexibility index (Phi) is 2.89. The van der Waals surface area contributed by atoms with E-state index in [1.54, 1.807) is 0 Å². The maximum Gasteiger partial charge on any atom is 0.0335 e. The molecule has 0 aromatic rings. The molecule has 0 aromatic heterocycles. The van der Waals surface area contributed by atoms with Crippen LogP contribution in [0.25, 0.3) is 0 Å². The molecule has 0 spiro atoms. The van der Waals surface area contributed by atoms with Crippen molar-refractivity contribution in [2.45, 2.75) is 40.7 Å². The first-order valence-corrected chi connectivity index (χ1v) is 5.20. The van der Waals surface area contributed by atoms with E-state index >= 15 is 0 Å². The molecular formula is C13H21N. The van der Waals surface area contributed by atoms with Gasteiger partial charge in [-0.1, -0.05) is 33.4 Å². The number of allylic oxidation sites excluding steroid dienone is 3. The smallest absolute Gasteiger partial charge is 0.0335 e. The molecule has 0 N–H and O–H groups in total. The number of rotatable bonds is 1. The van der Waals surface area contributed by atoms with Crippen molar-refractivity contribution >= 4 is 0 Å². The van der Waals surface area contributed by atoms with E-state index < -0.39 is 0 Å². The zero-order chi connectivity index (χ0) is 10.9. The molecule has 0 aliphatic carbocycles. The highest BCUT2D eigenvalue weighted by Crippen LogP contribution is 2.31. The van der Waals surface area contributed by atoms with Gasteiger partial charge in [0, 0.05) is 17.9 Å². The lowest BCUT2D eigenvalue weighted by molar-refractivity contribution is 0.377. The van der Waals surface area contributed by atoms with Gasteiger partial charge in [-0.2, -0.15) is 0 Å². The van der Waals surface area contributed by atoms with Gasteiger partial charge in [0.1, 0.15) is 0 Å². The van der Waals surface area contributed by atoms with Gasteiger partial charge in [0.25, 0.3) is 0 Å². The first-order chi connectivity index (χ1) is 6.32. The van der Waals surface area contributed by atoms with Crippen molar-refractivity contribution in [3.8, 4) is 0 Å². The van der Waals surface area contributed by atoms with Crippen molar-refractivity contribution in [3.63, 3.8) is 0 Å². The summed E-state index contributed by atoms with van der Waals surface area (Å²) in [4.78, 5) is 2.22. The standard InChI is InChI=1S/C13H21N/c1-10(2)14-9-12(13(4,5)6)8-7-11(14)3/h7-10H,3H2,1-2,4-6H3. The first-order valence-electron chi connectivity index (χ1n) is 5.20. The largest absolute Gasteiger partial charge is 0.346 e. The third kappa shape index (κ3) is 2.28. The average Bonchev–Trinajstić information content (AvgIpc) is 2.02. The van der Waals surface area contributed by atoms with E-state index in [4.69, 9.17) is 0 Å². The Labute approximate surface area is 87.8 Å². The van der Waals surface area contributed by atoms with Gasteiger partial charge in [0.15, 0.2) is 0 Å². The summed E-state index contributed by atoms with van der Waals surface area (Å²) in [7, 11) is 0. The molecule has 1 heteroatoms. The van der Waals surface area contributed by atoms with Crippen LogP contribution in [-0.2, 0) is 0 Å². The van der Waals surface area contributed by atoms with Crippen LogP contribution in [0.5, 0.6) is 0 Å². The van der Waals surface area contributed by atoms with Crippen molar-refractivity contribution in [2.24, 2.45) is 5.41 Å². The second-order valence-corrected chi connectivity index (χ2v) is 5.16. The van der Waals surface area contributed by atoms with Gasteiger partial charge in [0.2, 0.25) is 0 Å². The predicted molar refractivity (Wildman–Crippen MR) is 62.8 cm³/mol. The molecule has 0 amide bonds. The molecule has 1 aliphatic rings. The molecule has 0 atom stereocenters. The van der Waals surface area contributed by atoms with E-state index in [-0.39, 0.29) is 5.41 Å². The van der Waals surface area contributed by atoms with Crippen LogP contribution in [0.15, 0.2) is 36.2 Å². The summed E-state index contributed by atoms with van der Waals surface area (Å²) >= 11 is 0. The second kappa shape index (κ2) is 3.64. The number of hydrogen-bond donors (Lipinski definition) is 0. The molecule has 1 aliphatic heterocycles. The monoisotopic (exact) mass is 191 g/mol. The number of hydrogen-bond acceptors (Lipinski definition) is 1. The minimum Gasteiger partial charge on any atom is -0.346 e.